The summed E-state index contributed by atoms with van der Waals surface area (Å²) in [7, 11) is 3.15. The Morgan fingerprint density at radius 1 is 1.03 bits per heavy atom. The predicted octanol–water partition coefficient (Wildman–Crippen LogP) is 4.93. The van der Waals surface area contributed by atoms with Crippen LogP contribution < -0.4 is 15.2 Å². The van der Waals surface area contributed by atoms with Crippen molar-refractivity contribution in [2.24, 2.45) is 11.1 Å². The van der Waals surface area contributed by atoms with Gasteiger partial charge in [0.15, 0.2) is 23.4 Å². The zero-order chi connectivity index (χ0) is 26.9. The predicted molar refractivity (Wildman–Crippen MR) is 146 cm³/mol. The molecule has 2 rings (SSSR count). The lowest BCUT2D eigenvalue weighted by molar-refractivity contribution is -0.154. The Labute approximate surface area is 220 Å². The van der Waals surface area contributed by atoms with Crippen LogP contribution in [-0.4, -0.2) is 49.6 Å². The van der Waals surface area contributed by atoms with Crippen molar-refractivity contribution in [3.8, 4) is 11.5 Å². The SMILES string of the molecule is COCOc1ccc(CN(C(N)=S)C(CCc2ccc(C)c(C)c2)COC(=O)C(C)(C)C)cc1OC. The third-order valence-corrected chi connectivity index (χ3v) is 6.23. The summed E-state index contributed by atoms with van der Waals surface area (Å²) in [4.78, 5) is 14.5. The monoisotopic (exact) mass is 516 g/mol. The standard InChI is InChI=1S/C28H40N2O5S/c1-19-8-9-21(14-20(19)2)10-12-23(17-34-26(31)28(3,4)5)30(27(29)36)16-22-11-13-24(35-18-32-6)25(15-22)33-7/h8-9,11,13-15,23H,10,12,16-18H2,1-7H3,(H2,29,36). The van der Waals surface area contributed by atoms with Crippen molar-refractivity contribution in [2.75, 3.05) is 27.6 Å². The Morgan fingerprint density at radius 2 is 1.72 bits per heavy atom. The molecule has 0 spiro atoms. The van der Waals surface area contributed by atoms with Gasteiger partial charge in [-0.15, -0.1) is 0 Å². The number of hydrogen-bond acceptors (Lipinski definition) is 6. The third kappa shape index (κ3) is 8.68. The molecule has 8 heteroatoms. The van der Waals surface area contributed by atoms with Crippen LogP contribution in [0.2, 0.25) is 0 Å². The maximum Gasteiger partial charge on any atom is 0.311 e. The molecule has 0 radical (unpaired) electrons. The fourth-order valence-corrected chi connectivity index (χ4v) is 3.86. The number of esters is 1. The minimum atomic E-state index is -0.599. The molecule has 2 aromatic carbocycles. The fourth-order valence-electron chi connectivity index (χ4n) is 3.65. The lowest BCUT2D eigenvalue weighted by atomic mass is 9.97. The van der Waals surface area contributed by atoms with Gasteiger partial charge in [0, 0.05) is 13.7 Å². The van der Waals surface area contributed by atoms with Crippen molar-refractivity contribution in [1.82, 2.24) is 4.90 Å². The maximum absolute atomic E-state index is 12.5. The van der Waals surface area contributed by atoms with E-state index in [1.54, 1.807) is 14.2 Å². The van der Waals surface area contributed by atoms with Gasteiger partial charge in [-0.25, -0.2) is 0 Å². The molecule has 2 aromatic rings. The molecule has 0 saturated carbocycles. The van der Waals surface area contributed by atoms with Gasteiger partial charge in [-0.1, -0.05) is 24.3 Å². The quantitative estimate of drug-likeness (QED) is 0.242. The zero-order valence-corrected chi connectivity index (χ0v) is 23.4. The molecule has 0 aliphatic heterocycles. The van der Waals surface area contributed by atoms with Crippen molar-refractivity contribution >= 4 is 23.3 Å². The average molecular weight is 517 g/mol. The van der Waals surface area contributed by atoms with Crippen LogP contribution in [0.1, 0.15) is 49.4 Å². The molecule has 0 aliphatic rings. The van der Waals surface area contributed by atoms with Gasteiger partial charge in [0.25, 0.3) is 0 Å². The van der Waals surface area contributed by atoms with E-state index in [0.29, 0.717) is 24.5 Å². The van der Waals surface area contributed by atoms with Crippen LogP contribution >= 0.6 is 12.2 Å². The second kappa shape index (κ2) is 13.5. The number of hydrogen-bond donors (Lipinski definition) is 1. The molecule has 7 nitrogen and oxygen atoms in total. The lowest BCUT2D eigenvalue weighted by Crippen LogP contribution is -2.46. The molecular weight excluding hydrogens is 476 g/mol. The number of nitrogens with zero attached hydrogens (tertiary/aromatic N) is 1. The van der Waals surface area contributed by atoms with Crippen molar-refractivity contribution < 1.29 is 23.7 Å². The molecule has 0 bridgehead atoms. The van der Waals surface area contributed by atoms with Gasteiger partial charge < -0.3 is 29.6 Å². The molecular formula is C28H40N2O5S. The van der Waals surface area contributed by atoms with Crippen molar-refractivity contribution in [2.45, 2.75) is 60.0 Å². The second-order valence-electron chi connectivity index (χ2n) is 9.96. The summed E-state index contributed by atoms with van der Waals surface area (Å²) in [5.41, 5.74) is 10.3. The van der Waals surface area contributed by atoms with E-state index in [-0.39, 0.29) is 30.5 Å². The van der Waals surface area contributed by atoms with Gasteiger partial charge in [0.1, 0.15) is 6.61 Å². The molecule has 0 aliphatic carbocycles. The average Bonchev–Trinajstić information content (AvgIpc) is 2.83. The first-order valence-corrected chi connectivity index (χ1v) is 12.4. The van der Waals surface area contributed by atoms with Crippen LogP contribution in [0.4, 0.5) is 0 Å². The number of carbonyl (C=O) groups is 1. The number of carbonyl (C=O) groups excluding carboxylic acids is 1. The van der Waals surface area contributed by atoms with Gasteiger partial charge >= 0.3 is 5.97 Å². The number of benzene rings is 2. The number of thiocarbonyl (C=S) groups is 1. The van der Waals surface area contributed by atoms with Crippen LogP contribution in [0.3, 0.4) is 0 Å². The Kier molecular flexibility index (Phi) is 11.0. The Hall–Kier alpha value is -2.84. The normalized spacial score (nSPS) is 12.1. The first-order valence-electron chi connectivity index (χ1n) is 12.0. The summed E-state index contributed by atoms with van der Waals surface area (Å²) in [6.07, 6.45) is 1.51. The van der Waals surface area contributed by atoms with E-state index >= 15 is 0 Å². The Balaban J connectivity index is 2.28. The number of aryl methyl sites for hydroxylation is 3. The van der Waals surface area contributed by atoms with E-state index in [0.717, 1.165) is 12.0 Å². The lowest BCUT2D eigenvalue weighted by Gasteiger charge is -2.33. The molecule has 0 aromatic heterocycles. The van der Waals surface area contributed by atoms with Crippen molar-refractivity contribution in [1.29, 1.82) is 0 Å². The summed E-state index contributed by atoms with van der Waals surface area (Å²) in [6.45, 7) is 10.5. The minimum Gasteiger partial charge on any atom is -0.493 e. The second-order valence-corrected chi connectivity index (χ2v) is 10.4. The molecule has 0 fully saturated rings. The zero-order valence-electron chi connectivity index (χ0n) is 22.6. The van der Waals surface area contributed by atoms with Gasteiger partial charge in [-0.2, -0.15) is 0 Å². The van der Waals surface area contributed by atoms with Crippen molar-refractivity contribution in [3.63, 3.8) is 0 Å². The smallest absolute Gasteiger partial charge is 0.311 e. The highest BCUT2D eigenvalue weighted by Gasteiger charge is 2.27. The van der Waals surface area contributed by atoms with Crippen LogP contribution in [0.25, 0.3) is 0 Å². The topological polar surface area (TPSA) is 83.3 Å². The first-order chi connectivity index (χ1) is 17.0. The summed E-state index contributed by atoms with van der Waals surface area (Å²) < 4.78 is 21.8. The number of methoxy groups -OCH3 is 2. The number of rotatable bonds is 12. The van der Waals surface area contributed by atoms with Crippen LogP contribution in [0.15, 0.2) is 36.4 Å². The summed E-state index contributed by atoms with van der Waals surface area (Å²) in [5, 5.41) is 0.241. The molecule has 198 valence electrons. The van der Waals surface area contributed by atoms with Crippen molar-refractivity contribution in [3.05, 3.63) is 58.7 Å². The van der Waals surface area contributed by atoms with Gasteiger partial charge in [-0.05, 0) is 94.1 Å². The fraction of sp³-hybridized carbons (Fsp3) is 0.500. The first kappa shape index (κ1) is 29.4. The number of nitrogens with two attached hydrogens (primary N) is 1. The third-order valence-electron chi connectivity index (χ3n) is 5.99. The van der Waals surface area contributed by atoms with Gasteiger partial charge in [0.2, 0.25) is 0 Å². The van der Waals surface area contributed by atoms with Crippen LogP contribution in [-0.2, 0) is 27.2 Å². The molecule has 1 unspecified atom stereocenters. The highest BCUT2D eigenvalue weighted by atomic mass is 32.1. The van der Waals surface area contributed by atoms with E-state index in [1.807, 2.05) is 43.9 Å². The Bertz CT molecular complexity index is 1040. The summed E-state index contributed by atoms with van der Waals surface area (Å²) in [5.74, 6) is 0.900. The molecule has 36 heavy (non-hydrogen) atoms. The van der Waals surface area contributed by atoms with Crippen LogP contribution in [0.5, 0.6) is 11.5 Å². The van der Waals surface area contributed by atoms with E-state index in [9.17, 15) is 4.79 Å². The molecule has 0 amide bonds. The van der Waals surface area contributed by atoms with E-state index in [4.69, 9.17) is 36.9 Å². The number of ether oxygens (including phenoxy) is 4. The molecule has 0 heterocycles. The summed E-state index contributed by atoms with van der Waals surface area (Å²) >= 11 is 5.45. The summed E-state index contributed by atoms with van der Waals surface area (Å²) in [6, 6.07) is 11.9. The van der Waals surface area contributed by atoms with E-state index < -0.39 is 5.41 Å². The van der Waals surface area contributed by atoms with Gasteiger partial charge in [-0.3, -0.25) is 4.79 Å². The van der Waals surface area contributed by atoms with Crippen LogP contribution in [0, 0.1) is 19.3 Å². The molecule has 0 saturated heterocycles. The maximum atomic E-state index is 12.5. The van der Waals surface area contributed by atoms with E-state index in [2.05, 4.69) is 32.0 Å². The highest BCUT2D eigenvalue weighted by Crippen LogP contribution is 2.29. The minimum absolute atomic E-state index is 0.119. The van der Waals surface area contributed by atoms with Gasteiger partial charge in [0.05, 0.1) is 18.6 Å². The molecule has 1 atom stereocenters. The van der Waals surface area contributed by atoms with E-state index in [1.165, 1.54) is 16.7 Å². The Morgan fingerprint density at radius 3 is 2.31 bits per heavy atom. The highest BCUT2D eigenvalue weighted by molar-refractivity contribution is 7.80. The largest absolute Gasteiger partial charge is 0.493 e. The molecule has 2 N–H and O–H groups in total.